The minimum atomic E-state index is -0.117. The topological polar surface area (TPSA) is 80.7 Å². The Bertz CT molecular complexity index is 472. The molecule has 0 unspecified atom stereocenters. The molecule has 0 aliphatic carbocycles. The fourth-order valence-corrected chi connectivity index (χ4v) is 1.48. The highest BCUT2D eigenvalue weighted by Gasteiger charge is 2.17. The van der Waals surface area contributed by atoms with E-state index >= 15 is 0 Å². The molecule has 0 saturated heterocycles. The van der Waals surface area contributed by atoms with Gasteiger partial charge >= 0.3 is 0 Å². The van der Waals surface area contributed by atoms with Crippen LogP contribution in [-0.2, 0) is 0 Å². The number of nitrogens with two attached hydrogens (primary N) is 1. The van der Waals surface area contributed by atoms with Gasteiger partial charge in [-0.15, -0.1) is 0 Å². The van der Waals surface area contributed by atoms with E-state index in [9.17, 15) is 0 Å². The lowest BCUT2D eigenvalue weighted by Gasteiger charge is -2.10. The molecule has 0 spiro atoms. The lowest BCUT2D eigenvalue weighted by atomic mass is 10.1. The predicted octanol–water partition coefficient (Wildman–Crippen LogP) is 2.03. The first-order chi connectivity index (χ1) is 7.59. The number of aromatic amines is 1. The van der Waals surface area contributed by atoms with Gasteiger partial charge in [-0.1, -0.05) is 13.8 Å². The number of H-pyrrole nitrogens is 1. The molecule has 5 heteroatoms. The Labute approximate surface area is 94.1 Å². The molecule has 16 heavy (non-hydrogen) atoms. The highest BCUT2D eigenvalue weighted by atomic mass is 16.3. The van der Waals surface area contributed by atoms with E-state index in [0.29, 0.717) is 17.6 Å². The summed E-state index contributed by atoms with van der Waals surface area (Å²) < 4.78 is 5.21. The van der Waals surface area contributed by atoms with Crippen molar-refractivity contribution in [2.75, 3.05) is 0 Å². The van der Waals surface area contributed by atoms with E-state index < -0.39 is 0 Å². The summed E-state index contributed by atoms with van der Waals surface area (Å²) in [6, 6.07) is 1.73. The minimum Gasteiger partial charge on any atom is -0.469 e. The number of aromatic nitrogens is 3. The maximum Gasteiger partial charge on any atom is 0.184 e. The second-order valence-corrected chi connectivity index (χ2v) is 4.20. The van der Waals surface area contributed by atoms with Crippen LogP contribution in [0.5, 0.6) is 0 Å². The second-order valence-electron chi connectivity index (χ2n) is 4.20. The van der Waals surface area contributed by atoms with Crippen molar-refractivity contribution in [1.29, 1.82) is 0 Å². The van der Waals surface area contributed by atoms with Gasteiger partial charge in [0.25, 0.3) is 0 Å². The molecule has 0 radical (unpaired) electrons. The van der Waals surface area contributed by atoms with Gasteiger partial charge in [-0.3, -0.25) is 5.10 Å². The predicted molar refractivity (Wildman–Crippen MR) is 60.6 cm³/mol. The molecule has 0 fully saturated rings. The van der Waals surface area contributed by atoms with Gasteiger partial charge in [0.1, 0.15) is 11.6 Å². The standard InChI is InChI=1S/C11H16N4O/c1-6(2)9(12)11-13-10(14-15-11)8-4-5-16-7(8)3/h4-6,9H,12H2,1-3H3,(H,13,14,15)/t9-/m1/s1. The number of nitrogens with zero attached hydrogens (tertiary/aromatic N) is 2. The summed E-state index contributed by atoms with van der Waals surface area (Å²) >= 11 is 0. The molecule has 2 aromatic rings. The van der Waals surface area contributed by atoms with E-state index in [4.69, 9.17) is 10.2 Å². The summed E-state index contributed by atoms with van der Waals surface area (Å²) in [5.41, 5.74) is 6.89. The second kappa shape index (κ2) is 4.09. The largest absolute Gasteiger partial charge is 0.469 e. The van der Waals surface area contributed by atoms with Gasteiger partial charge in [-0.05, 0) is 18.9 Å². The average molecular weight is 220 g/mol. The van der Waals surface area contributed by atoms with Crippen LogP contribution in [0.15, 0.2) is 16.7 Å². The first kappa shape index (κ1) is 10.9. The molecule has 2 rings (SSSR count). The number of hydrogen-bond acceptors (Lipinski definition) is 4. The van der Waals surface area contributed by atoms with E-state index in [1.54, 1.807) is 6.26 Å². The van der Waals surface area contributed by atoms with Crippen LogP contribution < -0.4 is 5.73 Å². The third kappa shape index (κ3) is 1.86. The molecule has 2 aromatic heterocycles. The maximum absolute atomic E-state index is 5.99. The smallest absolute Gasteiger partial charge is 0.184 e. The van der Waals surface area contributed by atoms with Crippen LogP contribution in [-0.4, -0.2) is 15.2 Å². The minimum absolute atomic E-state index is 0.117. The zero-order valence-electron chi connectivity index (χ0n) is 9.69. The van der Waals surface area contributed by atoms with Gasteiger partial charge in [-0.25, -0.2) is 4.98 Å². The molecule has 0 aromatic carbocycles. The van der Waals surface area contributed by atoms with Gasteiger partial charge in [0.05, 0.1) is 17.9 Å². The molecular formula is C11H16N4O. The van der Waals surface area contributed by atoms with Crippen molar-refractivity contribution >= 4 is 0 Å². The van der Waals surface area contributed by atoms with E-state index in [1.165, 1.54) is 0 Å². The molecule has 0 saturated carbocycles. The molecule has 1 atom stereocenters. The summed E-state index contributed by atoms with van der Waals surface area (Å²) in [5.74, 6) is 2.48. The molecule has 2 heterocycles. The van der Waals surface area contributed by atoms with Crippen LogP contribution in [0.25, 0.3) is 11.4 Å². The van der Waals surface area contributed by atoms with Gasteiger partial charge in [0, 0.05) is 0 Å². The van der Waals surface area contributed by atoms with Gasteiger partial charge in [0.15, 0.2) is 5.82 Å². The summed E-state index contributed by atoms with van der Waals surface area (Å²) in [6.07, 6.45) is 1.63. The lowest BCUT2D eigenvalue weighted by molar-refractivity contribution is 0.492. The molecule has 0 bridgehead atoms. The number of hydrogen-bond donors (Lipinski definition) is 2. The molecule has 0 aliphatic heterocycles. The molecule has 0 aliphatic rings. The van der Waals surface area contributed by atoms with E-state index in [1.807, 2.05) is 13.0 Å². The Hall–Kier alpha value is -1.62. The molecular weight excluding hydrogens is 204 g/mol. The Morgan fingerprint density at radius 2 is 2.19 bits per heavy atom. The van der Waals surface area contributed by atoms with E-state index in [0.717, 1.165) is 11.3 Å². The third-order valence-corrected chi connectivity index (χ3v) is 2.64. The van der Waals surface area contributed by atoms with Crippen molar-refractivity contribution in [3.63, 3.8) is 0 Å². The molecule has 3 N–H and O–H groups in total. The number of rotatable bonds is 3. The average Bonchev–Trinajstić information content (AvgIpc) is 2.84. The van der Waals surface area contributed by atoms with Crippen LogP contribution in [0, 0.1) is 12.8 Å². The van der Waals surface area contributed by atoms with Crippen molar-refractivity contribution in [1.82, 2.24) is 15.2 Å². The summed E-state index contributed by atoms with van der Waals surface area (Å²) in [4.78, 5) is 4.38. The quantitative estimate of drug-likeness (QED) is 0.829. The van der Waals surface area contributed by atoms with Crippen molar-refractivity contribution in [3.05, 3.63) is 23.9 Å². The van der Waals surface area contributed by atoms with E-state index in [-0.39, 0.29) is 6.04 Å². The Morgan fingerprint density at radius 3 is 2.75 bits per heavy atom. The van der Waals surface area contributed by atoms with Crippen LogP contribution in [0.3, 0.4) is 0 Å². The Kier molecular flexibility index (Phi) is 2.78. The van der Waals surface area contributed by atoms with Crippen LogP contribution in [0.1, 0.15) is 31.5 Å². The van der Waals surface area contributed by atoms with Gasteiger partial charge in [0.2, 0.25) is 0 Å². The maximum atomic E-state index is 5.99. The number of aryl methyl sites for hydroxylation is 1. The Morgan fingerprint density at radius 1 is 1.44 bits per heavy atom. The number of nitrogens with one attached hydrogen (secondary N) is 1. The fraction of sp³-hybridized carbons (Fsp3) is 0.455. The first-order valence-electron chi connectivity index (χ1n) is 5.32. The van der Waals surface area contributed by atoms with Crippen LogP contribution in [0.4, 0.5) is 0 Å². The van der Waals surface area contributed by atoms with E-state index in [2.05, 4.69) is 29.0 Å². The van der Waals surface area contributed by atoms with Crippen molar-refractivity contribution in [2.45, 2.75) is 26.8 Å². The van der Waals surface area contributed by atoms with Crippen molar-refractivity contribution in [2.24, 2.45) is 11.7 Å². The number of furan rings is 1. The van der Waals surface area contributed by atoms with Crippen LogP contribution >= 0.6 is 0 Å². The van der Waals surface area contributed by atoms with Gasteiger partial charge < -0.3 is 10.2 Å². The Balaban J connectivity index is 2.30. The lowest BCUT2D eigenvalue weighted by Crippen LogP contribution is -2.18. The third-order valence-electron chi connectivity index (χ3n) is 2.64. The molecule has 0 amide bonds. The monoisotopic (exact) mass is 220 g/mol. The van der Waals surface area contributed by atoms with Crippen LogP contribution in [0.2, 0.25) is 0 Å². The molecule has 5 nitrogen and oxygen atoms in total. The zero-order chi connectivity index (χ0) is 11.7. The fourth-order valence-electron chi connectivity index (χ4n) is 1.48. The summed E-state index contributed by atoms with van der Waals surface area (Å²) in [6.45, 7) is 5.99. The normalized spacial score (nSPS) is 13.3. The summed E-state index contributed by atoms with van der Waals surface area (Å²) in [5, 5.41) is 7.02. The van der Waals surface area contributed by atoms with Crippen molar-refractivity contribution < 1.29 is 4.42 Å². The summed E-state index contributed by atoms with van der Waals surface area (Å²) in [7, 11) is 0. The highest BCUT2D eigenvalue weighted by Crippen LogP contribution is 2.22. The first-order valence-corrected chi connectivity index (χ1v) is 5.32. The van der Waals surface area contributed by atoms with Crippen molar-refractivity contribution in [3.8, 4) is 11.4 Å². The molecule has 86 valence electrons. The SMILES string of the molecule is Cc1occc1-c1n[nH]c([C@H](N)C(C)C)n1. The zero-order valence-corrected chi connectivity index (χ0v) is 9.69. The van der Waals surface area contributed by atoms with Gasteiger partial charge in [-0.2, -0.15) is 5.10 Å². The highest BCUT2D eigenvalue weighted by molar-refractivity contribution is 5.56.